The predicted molar refractivity (Wildman–Crippen MR) is 166 cm³/mol. The summed E-state index contributed by atoms with van der Waals surface area (Å²) in [5.74, 6) is -1.05. The fourth-order valence-corrected chi connectivity index (χ4v) is 5.41. The molecular weight excluding hydrogens is 613 g/mol. The van der Waals surface area contributed by atoms with Gasteiger partial charge in [0.2, 0.25) is 5.91 Å². The number of unbranched alkanes of at least 4 members (excludes halogenated alkanes) is 1. The highest BCUT2D eigenvalue weighted by Gasteiger charge is 2.38. The second-order valence-corrected chi connectivity index (χ2v) is 11.8. The second kappa shape index (κ2) is 19.1. The number of likely N-dealkylation sites (tertiary alicyclic amines) is 1. The van der Waals surface area contributed by atoms with Crippen LogP contribution in [0.15, 0.2) is 60.7 Å². The van der Waals surface area contributed by atoms with E-state index in [4.69, 9.17) is 20.4 Å². The van der Waals surface area contributed by atoms with Gasteiger partial charge in [0.25, 0.3) is 0 Å². The number of aliphatic carboxylic acids is 1. The molecule has 0 unspecified atom stereocenters. The van der Waals surface area contributed by atoms with Crippen molar-refractivity contribution in [2.75, 3.05) is 24.7 Å². The average molecular weight is 655 g/mol. The molecule has 0 bridgehead atoms. The van der Waals surface area contributed by atoms with Crippen LogP contribution in [-0.4, -0.2) is 87.1 Å². The minimum absolute atomic E-state index is 0.0421. The van der Waals surface area contributed by atoms with Crippen molar-refractivity contribution in [3.63, 3.8) is 0 Å². The number of nitrogens with zero attached hydrogens (tertiary/aromatic N) is 1. The number of esters is 1. The Morgan fingerprint density at radius 1 is 1.11 bits per heavy atom. The Kier molecular flexibility index (Phi) is 16.0. The number of aliphatic hydroxyl groups excluding tert-OH is 1. The van der Waals surface area contributed by atoms with Crippen molar-refractivity contribution in [2.45, 2.75) is 69.8 Å². The van der Waals surface area contributed by atoms with Crippen molar-refractivity contribution < 1.29 is 47.6 Å². The molecule has 1 amide bonds. The number of phenolic OH excluding ortho intramolecular Hbond substituents is 1. The van der Waals surface area contributed by atoms with Gasteiger partial charge in [0.1, 0.15) is 11.8 Å². The number of ether oxygens (including phenoxy) is 1. The lowest BCUT2D eigenvalue weighted by molar-refractivity contribution is -0.192. The lowest BCUT2D eigenvalue weighted by Gasteiger charge is -2.22. The minimum atomic E-state index is -5.08. The number of hydrogen-bond acceptors (Lipinski definition) is 8. The van der Waals surface area contributed by atoms with E-state index in [0.29, 0.717) is 32.4 Å². The first kappa shape index (κ1) is 37.6. The number of benzene rings is 2. The van der Waals surface area contributed by atoms with E-state index < -0.39 is 30.3 Å². The molecule has 0 aromatic heterocycles. The number of carbonyl (C=O) groups excluding carboxylic acids is 2. The molecule has 2 aromatic carbocycles. The normalized spacial score (nSPS) is 16.3. The van der Waals surface area contributed by atoms with Crippen LogP contribution in [0.25, 0.3) is 0 Å². The number of carboxylic acids is 1. The molecule has 2 aromatic rings. The Bertz CT molecular complexity index is 1260. The van der Waals surface area contributed by atoms with Crippen LogP contribution in [0.3, 0.4) is 0 Å². The third-order valence-corrected chi connectivity index (χ3v) is 7.85. The molecule has 0 aliphatic carbocycles. The third-order valence-electron chi connectivity index (χ3n) is 6.80. The molecule has 45 heavy (non-hydrogen) atoms. The van der Waals surface area contributed by atoms with Crippen LogP contribution in [0.4, 0.5) is 13.2 Å². The Hall–Kier alpha value is -3.55. The van der Waals surface area contributed by atoms with Crippen LogP contribution in [0.1, 0.15) is 42.4 Å². The van der Waals surface area contributed by atoms with E-state index >= 15 is 0 Å². The Morgan fingerprint density at radius 3 is 2.44 bits per heavy atom. The van der Waals surface area contributed by atoms with Crippen LogP contribution >= 0.6 is 11.8 Å². The molecule has 0 saturated carbocycles. The molecule has 3 atom stereocenters. The van der Waals surface area contributed by atoms with Crippen LogP contribution in [0.2, 0.25) is 0 Å². The lowest BCUT2D eigenvalue weighted by atomic mass is 10.0. The van der Waals surface area contributed by atoms with E-state index in [1.165, 1.54) is 5.56 Å². The largest absolute Gasteiger partial charge is 0.508 e. The van der Waals surface area contributed by atoms with Gasteiger partial charge in [-0.1, -0.05) is 54.1 Å². The summed E-state index contributed by atoms with van der Waals surface area (Å²) in [6, 6.07) is 14.1. The first-order valence-corrected chi connectivity index (χ1v) is 15.7. The molecule has 1 saturated heterocycles. The van der Waals surface area contributed by atoms with Gasteiger partial charge in [0.15, 0.2) is 0 Å². The van der Waals surface area contributed by atoms with Crippen LogP contribution in [-0.2, 0) is 32.0 Å². The topological polar surface area (TPSA) is 150 Å². The number of carbonyl (C=O) groups is 3. The number of phenols is 1. The summed E-state index contributed by atoms with van der Waals surface area (Å²) < 4.78 is 37.0. The maximum Gasteiger partial charge on any atom is 0.490 e. The summed E-state index contributed by atoms with van der Waals surface area (Å²) in [5, 5.41) is 26.9. The number of rotatable bonds is 15. The van der Waals surface area contributed by atoms with E-state index in [1.54, 1.807) is 36.0 Å². The fourth-order valence-electron chi connectivity index (χ4n) is 4.47. The van der Waals surface area contributed by atoms with Crippen molar-refractivity contribution in [3.8, 4) is 5.75 Å². The van der Waals surface area contributed by atoms with Crippen LogP contribution in [0, 0.1) is 6.92 Å². The predicted octanol–water partition coefficient (Wildman–Crippen LogP) is 4.41. The van der Waals surface area contributed by atoms with Gasteiger partial charge in [-0.3, -0.25) is 9.59 Å². The number of nitrogens with two attached hydrogens (primary N) is 1. The Morgan fingerprint density at radius 2 is 1.80 bits per heavy atom. The average Bonchev–Trinajstić information content (AvgIpc) is 3.33. The molecule has 5 N–H and O–H groups in total. The fraction of sp³-hybridized carbons (Fsp3) is 0.469. The van der Waals surface area contributed by atoms with E-state index in [0.717, 1.165) is 41.9 Å². The molecule has 0 spiro atoms. The van der Waals surface area contributed by atoms with Crippen molar-refractivity contribution in [3.05, 3.63) is 77.4 Å². The molecule has 1 fully saturated rings. The number of aromatic hydroxyl groups is 1. The number of amides is 1. The molecule has 13 heteroatoms. The lowest BCUT2D eigenvalue weighted by Crippen LogP contribution is -2.34. The maximum absolute atomic E-state index is 12.4. The number of aryl methyl sites for hydroxylation is 1. The van der Waals surface area contributed by atoms with Crippen molar-refractivity contribution in [1.29, 1.82) is 0 Å². The highest BCUT2D eigenvalue weighted by Crippen LogP contribution is 2.21. The van der Waals surface area contributed by atoms with Gasteiger partial charge in [0, 0.05) is 25.1 Å². The van der Waals surface area contributed by atoms with E-state index in [1.807, 2.05) is 42.2 Å². The first-order valence-electron chi connectivity index (χ1n) is 14.6. The minimum Gasteiger partial charge on any atom is -0.508 e. The van der Waals surface area contributed by atoms with Crippen LogP contribution in [0.5, 0.6) is 5.75 Å². The van der Waals surface area contributed by atoms with Crippen molar-refractivity contribution in [1.82, 2.24) is 4.90 Å². The van der Waals surface area contributed by atoms with Crippen molar-refractivity contribution >= 4 is 29.6 Å². The molecule has 1 aliphatic heterocycles. The summed E-state index contributed by atoms with van der Waals surface area (Å²) in [5.41, 5.74) is 9.09. The smallest absolute Gasteiger partial charge is 0.490 e. The molecule has 248 valence electrons. The van der Waals surface area contributed by atoms with E-state index in [-0.39, 0.29) is 17.7 Å². The molecule has 1 heterocycles. The summed E-state index contributed by atoms with van der Waals surface area (Å²) >= 11 is 1.79. The summed E-state index contributed by atoms with van der Waals surface area (Å²) in [6.45, 7) is 3.07. The number of hydrogen-bond donors (Lipinski definition) is 4. The highest BCUT2D eigenvalue weighted by atomic mass is 32.2. The Balaban J connectivity index is 0.000000900. The van der Waals surface area contributed by atoms with Gasteiger partial charge in [-0.15, -0.1) is 0 Å². The highest BCUT2D eigenvalue weighted by molar-refractivity contribution is 7.99. The molecule has 9 nitrogen and oxygen atoms in total. The second-order valence-electron chi connectivity index (χ2n) is 10.6. The van der Waals surface area contributed by atoms with Gasteiger partial charge < -0.3 is 30.7 Å². The van der Waals surface area contributed by atoms with Crippen LogP contribution < -0.4 is 5.73 Å². The zero-order valence-electron chi connectivity index (χ0n) is 25.1. The van der Waals surface area contributed by atoms with Crippen molar-refractivity contribution in [2.24, 2.45) is 5.73 Å². The molecule has 0 radical (unpaired) electrons. The number of aliphatic hydroxyl groups is 1. The van der Waals surface area contributed by atoms with E-state index in [9.17, 15) is 33.0 Å². The first-order chi connectivity index (χ1) is 21.3. The van der Waals surface area contributed by atoms with E-state index in [2.05, 4.69) is 6.07 Å². The van der Waals surface area contributed by atoms with Gasteiger partial charge in [-0.05, 0) is 61.6 Å². The zero-order valence-corrected chi connectivity index (χ0v) is 25.9. The number of halogens is 3. The molecular formula is C32H41F3N2O7S. The molecule has 1 aliphatic rings. The maximum atomic E-state index is 12.4. The van der Waals surface area contributed by atoms with Gasteiger partial charge in [0.05, 0.1) is 18.8 Å². The van der Waals surface area contributed by atoms with Gasteiger partial charge in [-0.25, -0.2) is 4.79 Å². The van der Waals surface area contributed by atoms with Gasteiger partial charge in [-0.2, -0.15) is 24.9 Å². The quantitative estimate of drug-likeness (QED) is 0.124. The summed E-state index contributed by atoms with van der Waals surface area (Å²) in [6.07, 6.45) is 2.09. The SMILES string of the molecule is Cc1cccc(C[C@H](O)/C=C/[C@H]2CCC(=O)N2CCSCCCCOC(=O)[C@@H](N)Cc2ccc(O)cc2)c1.O=C(O)C(F)(F)F. The van der Waals surface area contributed by atoms with Gasteiger partial charge >= 0.3 is 18.1 Å². The summed E-state index contributed by atoms with van der Waals surface area (Å²) in [7, 11) is 0. The number of carboxylic acid groups (broad SMARTS) is 1. The Labute approximate surface area is 265 Å². The number of thioether (sulfide) groups is 1. The zero-order chi connectivity index (χ0) is 33.4. The number of alkyl halides is 3. The summed E-state index contributed by atoms with van der Waals surface area (Å²) in [4.78, 5) is 35.3. The third kappa shape index (κ3) is 14.9. The molecule has 3 rings (SSSR count). The monoisotopic (exact) mass is 654 g/mol. The standard InChI is InChI=1S/C30H40N2O5S.C2HF3O2/c1-22-5-4-6-24(19-22)20-27(34)13-9-25-10-14-29(35)32(25)15-18-38-17-3-2-16-37-30(36)28(31)21-23-7-11-26(33)12-8-23;3-2(4,5)1(6)7/h4-9,11-13,19,25,27-28,33-34H,2-3,10,14-18,20-21,31H2,1H3;(H,6,7)/b13-9+;/t25-,27+,28-;/m0./s1.